The molecule has 1 unspecified atom stereocenters. The second-order valence-electron chi connectivity index (χ2n) is 5.64. The summed E-state index contributed by atoms with van der Waals surface area (Å²) in [6.07, 6.45) is 0. The van der Waals surface area contributed by atoms with E-state index in [1.807, 2.05) is 6.07 Å². The number of aryl methyl sites for hydroxylation is 1. The molecule has 1 aliphatic heterocycles. The maximum absolute atomic E-state index is 12.9. The van der Waals surface area contributed by atoms with Crippen LogP contribution in [-0.4, -0.2) is 25.4 Å². The van der Waals surface area contributed by atoms with E-state index in [4.69, 9.17) is 13.9 Å². The predicted molar refractivity (Wildman–Crippen MR) is 90.2 cm³/mol. The maximum Gasteiger partial charge on any atom is 0.241 e. The highest BCUT2D eigenvalue weighted by Gasteiger charge is 2.28. The minimum atomic E-state index is -3.88. The summed E-state index contributed by atoms with van der Waals surface area (Å²) >= 11 is 0. The number of rotatable bonds is 5. The van der Waals surface area contributed by atoms with E-state index in [9.17, 15) is 8.42 Å². The third-order valence-electron chi connectivity index (χ3n) is 3.85. The monoisotopic (exact) mass is 373 g/mol. The van der Waals surface area contributed by atoms with E-state index in [0.29, 0.717) is 23.0 Å². The average molecular weight is 373 g/mol. The van der Waals surface area contributed by atoms with Crippen molar-refractivity contribution in [2.75, 3.05) is 6.79 Å². The lowest BCUT2D eigenvalue weighted by Crippen LogP contribution is -2.29. The summed E-state index contributed by atoms with van der Waals surface area (Å²) in [6, 6.07) is 12.6. The molecule has 8 nitrogen and oxygen atoms in total. The van der Waals surface area contributed by atoms with Gasteiger partial charge < -0.3 is 13.9 Å². The van der Waals surface area contributed by atoms with Gasteiger partial charge in [0.1, 0.15) is 6.04 Å². The highest BCUT2D eigenvalue weighted by atomic mass is 32.2. The van der Waals surface area contributed by atoms with Crippen molar-refractivity contribution in [2.45, 2.75) is 17.9 Å². The fourth-order valence-corrected chi connectivity index (χ4v) is 3.79. The molecule has 9 heteroatoms. The van der Waals surface area contributed by atoms with Gasteiger partial charge in [0.25, 0.3) is 0 Å². The van der Waals surface area contributed by atoms with E-state index in [2.05, 4.69) is 14.9 Å². The van der Waals surface area contributed by atoms with Crippen molar-refractivity contribution >= 4 is 10.0 Å². The van der Waals surface area contributed by atoms with Crippen LogP contribution in [0.15, 0.2) is 57.8 Å². The molecule has 0 spiro atoms. The molecule has 0 fully saturated rings. The molecule has 26 heavy (non-hydrogen) atoms. The number of aromatic nitrogens is 2. The molecule has 2 heterocycles. The summed E-state index contributed by atoms with van der Waals surface area (Å²) in [6.45, 7) is 1.71. The van der Waals surface area contributed by atoms with Gasteiger partial charge in [-0.2, -0.15) is 4.72 Å². The fourth-order valence-electron chi connectivity index (χ4n) is 2.60. The number of ether oxygens (including phenoxy) is 2. The molecule has 2 aromatic carbocycles. The summed E-state index contributed by atoms with van der Waals surface area (Å²) in [5.74, 6) is 1.41. The van der Waals surface area contributed by atoms with Gasteiger partial charge in [0, 0.05) is 13.0 Å². The summed E-state index contributed by atoms with van der Waals surface area (Å²) in [7, 11) is -3.88. The number of nitrogens with one attached hydrogen (secondary N) is 1. The van der Waals surface area contributed by atoms with Crippen LogP contribution < -0.4 is 14.2 Å². The zero-order valence-electron chi connectivity index (χ0n) is 13.7. The smallest absolute Gasteiger partial charge is 0.241 e. The van der Waals surface area contributed by atoms with Crippen LogP contribution in [0.2, 0.25) is 0 Å². The quantitative estimate of drug-likeness (QED) is 0.731. The standard InChI is InChI=1S/C17H15N3O5S/c1-11-18-19-17(25-11)16(12-5-3-2-4-6-12)20-26(21,22)13-7-8-14-15(9-13)24-10-23-14/h2-9,16,20H,10H2,1H3. The van der Waals surface area contributed by atoms with Gasteiger partial charge >= 0.3 is 0 Å². The number of nitrogens with zero attached hydrogens (tertiary/aromatic N) is 2. The molecule has 1 aromatic heterocycles. The van der Waals surface area contributed by atoms with Gasteiger partial charge in [-0.1, -0.05) is 30.3 Å². The van der Waals surface area contributed by atoms with E-state index in [-0.39, 0.29) is 17.6 Å². The Bertz CT molecular complexity index is 1030. The fraction of sp³-hybridized carbons (Fsp3) is 0.176. The van der Waals surface area contributed by atoms with Crippen molar-refractivity contribution in [3.8, 4) is 11.5 Å². The molecule has 0 radical (unpaired) electrons. The number of fused-ring (bicyclic) bond motifs is 1. The molecule has 134 valence electrons. The Morgan fingerprint density at radius 3 is 2.54 bits per heavy atom. The lowest BCUT2D eigenvalue weighted by molar-refractivity contribution is 0.174. The largest absolute Gasteiger partial charge is 0.454 e. The molecule has 1 aliphatic rings. The Morgan fingerprint density at radius 1 is 1.04 bits per heavy atom. The van der Waals surface area contributed by atoms with E-state index in [1.165, 1.54) is 12.1 Å². The van der Waals surface area contributed by atoms with Crippen LogP contribution in [0, 0.1) is 6.92 Å². The van der Waals surface area contributed by atoms with Gasteiger partial charge in [-0.15, -0.1) is 10.2 Å². The topological polar surface area (TPSA) is 104 Å². The van der Waals surface area contributed by atoms with Gasteiger partial charge in [0.05, 0.1) is 4.90 Å². The zero-order valence-corrected chi connectivity index (χ0v) is 14.6. The third-order valence-corrected chi connectivity index (χ3v) is 5.27. The van der Waals surface area contributed by atoms with Crippen molar-refractivity contribution in [1.29, 1.82) is 0 Å². The van der Waals surface area contributed by atoms with Crippen LogP contribution in [0.5, 0.6) is 11.5 Å². The first-order chi connectivity index (χ1) is 12.5. The molecular formula is C17H15N3O5S. The molecule has 0 amide bonds. The van der Waals surface area contributed by atoms with Crippen molar-refractivity contribution < 1.29 is 22.3 Å². The lowest BCUT2D eigenvalue weighted by atomic mass is 10.1. The van der Waals surface area contributed by atoms with Crippen LogP contribution in [0.3, 0.4) is 0 Å². The SMILES string of the molecule is Cc1nnc(C(NS(=O)(=O)c2ccc3c(c2)OCO3)c2ccccc2)o1. The Balaban J connectivity index is 1.71. The predicted octanol–water partition coefficient (Wildman–Crippen LogP) is 2.17. The van der Waals surface area contributed by atoms with Gasteiger partial charge in [0.15, 0.2) is 11.5 Å². The van der Waals surface area contributed by atoms with Gasteiger partial charge in [-0.3, -0.25) is 0 Å². The summed E-state index contributed by atoms with van der Waals surface area (Å²) in [5.41, 5.74) is 0.681. The van der Waals surface area contributed by atoms with E-state index in [1.54, 1.807) is 37.3 Å². The van der Waals surface area contributed by atoms with Crippen LogP contribution >= 0.6 is 0 Å². The molecule has 0 saturated carbocycles. The van der Waals surface area contributed by atoms with Crippen LogP contribution in [0.4, 0.5) is 0 Å². The summed E-state index contributed by atoms with van der Waals surface area (Å²) in [5, 5.41) is 7.76. The van der Waals surface area contributed by atoms with E-state index < -0.39 is 16.1 Å². The maximum atomic E-state index is 12.9. The van der Waals surface area contributed by atoms with Crippen LogP contribution in [-0.2, 0) is 10.0 Å². The highest BCUT2D eigenvalue weighted by molar-refractivity contribution is 7.89. The van der Waals surface area contributed by atoms with Crippen LogP contribution in [0.1, 0.15) is 23.4 Å². The third kappa shape index (κ3) is 3.14. The Morgan fingerprint density at radius 2 is 1.81 bits per heavy atom. The number of hydrogen-bond acceptors (Lipinski definition) is 7. The average Bonchev–Trinajstić information content (AvgIpc) is 3.28. The minimum Gasteiger partial charge on any atom is -0.454 e. The van der Waals surface area contributed by atoms with Crippen molar-refractivity contribution in [1.82, 2.24) is 14.9 Å². The van der Waals surface area contributed by atoms with Gasteiger partial charge in [-0.05, 0) is 17.7 Å². The Hall–Kier alpha value is -2.91. The number of benzene rings is 2. The molecule has 3 aromatic rings. The lowest BCUT2D eigenvalue weighted by Gasteiger charge is -2.16. The molecule has 4 rings (SSSR count). The van der Waals surface area contributed by atoms with Crippen molar-refractivity contribution in [3.63, 3.8) is 0 Å². The first-order valence-electron chi connectivity index (χ1n) is 7.80. The van der Waals surface area contributed by atoms with Crippen LogP contribution in [0.25, 0.3) is 0 Å². The molecule has 1 atom stereocenters. The molecule has 0 bridgehead atoms. The van der Waals surface area contributed by atoms with Gasteiger partial charge in [0.2, 0.25) is 28.6 Å². The first kappa shape index (κ1) is 16.6. The first-order valence-corrected chi connectivity index (χ1v) is 9.28. The van der Waals surface area contributed by atoms with Crippen molar-refractivity contribution in [3.05, 3.63) is 65.9 Å². The molecular weight excluding hydrogens is 358 g/mol. The summed E-state index contributed by atoms with van der Waals surface area (Å²) < 4.78 is 44.4. The molecule has 0 saturated heterocycles. The Kier molecular flexibility index (Phi) is 4.09. The second kappa shape index (κ2) is 6.43. The zero-order chi connectivity index (χ0) is 18.1. The Labute approximate surface area is 149 Å². The van der Waals surface area contributed by atoms with E-state index in [0.717, 1.165) is 0 Å². The molecule has 0 aliphatic carbocycles. The normalized spacial score (nSPS) is 14.3. The second-order valence-corrected chi connectivity index (χ2v) is 7.35. The minimum absolute atomic E-state index is 0.0546. The van der Waals surface area contributed by atoms with E-state index >= 15 is 0 Å². The summed E-state index contributed by atoms with van der Waals surface area (Å²) in [4.78, 5) is 0.0546. The van der Waals surface area contributed by atoms with Gasteiger partial charge in [-0.25, -0.2) is 8.42 Å². The van der Waals surface area contributed by atoms with Crippen molar-refractivity contribution in [2.24, 2.45) is 0 Å². The number of sulfonamides is 1. The number of hydrogen-bond donors (Lipinski definition) is 1. The molecule has 1 N–H and O–H groups in total. The highest BCUT2D eigenvalue weighted by Crippen LogP contribution is 2.34.